The first-order valence-corrected chi connectivity index (χ1v) is 13.7. The van der Waals surface area contributed by atoms with E-state index in [1.807, 2.05) is 25.3 Å². The van der Waals surface area contributed by atoms with Crippen LogP contribution in [0.2, 0.25) is 0 Å². The zero-order valence-electron chi connectivity index (χ0n) is 23.0. The Balaban J connectivity index is 2.76. The van der Waals surface area contributed by atoms with E-state index in [0.29, 0.717) is 11.8 Å². The maximum Gasteiger partial charge on any atom is 0.412 e. The molecule has 6 atom stereocenters. The van der Waals surface area contributed by atoms with Crippen molar-refractivity contribution in [2.75, 3.05) is 0 Å². The first kappa shape index (κ1) is 33.5. The van der Waals surface area contributed by atoms with Crippen LogP contribution in [0.5, 0.6) is 0 Å². The molecule has 0 bridgehead atoms. The molecule has 1 rings (SSSR count). The zero-order valence-corrected chi connectivity index (χ0v) is 23.8. The molecule has 5 unspecified atom stereocenters. The van der Waals surface area contributed by atoms with Gasteiger partial charge in [-0.1, -0.05) is 51.5 Å². The molecule has 0 aliphatic carbocycles. The third kappa shape index (κ3) is 11.0. The Morgan fingerprint density at radius 2 is 1.86 bits per heavy atom. The zero-order chi connectivity index (χ0) is 28.6. The smallest absolute Gasteiger partial charge is 0.412 e. The minimum absolute atomic E-state index is 0.131. The normalized spacial score (nSPS) is 21.9. The molecule has 0 aromatic carbocycles. The highest BCUT2D eigenvalue weighted by Crippen LogP contribution is 2.32. The number of rotatable bonds is 14. The molecule has 1 heterocycles. The number of hydrogen-bond donors (Lipinski definition) is 3. The number of aliphatic hydroxyl groups is 2. The van der Waals surface area contributed by atoms with Gasteiger partial charge in [0.25, 0.3) is 0 Å². The van der Waals surface area contributed by atoms with E-state index in [0.717, 1.165) is 11.3 Å². The number of alkyl halides is 3. The Hall–Kier alpha value is -1.55. The van der Waals surface area contributed by atoms with Crippen molar-refractivity contribution in [2.24, 2.45) is 17.3 Å². The number of Topliss-reactive ketones (excluding diaryl/α,β-unsaturated/α-hetero) is 1. The van der Waals surface area contributed by atoms with Gasteiger partial charge in [0.1, 0.15) is 5.78 Å². The van der Waals surface area contributed by atoms with E-state index in [1.54, 1.807) is 46.4 Å². The number of thioether (sulfide) groups is 1. The summed E-state index contributed by atoms with van der Waals surface area (Å²) in [7, 11) is 0. The van der Waals surface area contributed by atoms with Crippen LogP contribution >= 0.6 is 11.8 Å². The van der Waals surface area contributed by atoms with Gasteiger partial charge in [-0.3, -0.25) is 4.79 Å². The standard InChI is InChI=1S/C28H44F3NO4S/c1-17(14-23-16-37-21(5)32-23)10-8-12-22(28(29,30)31)13-9-11-18(2)25(35)20(4)26(36)27(6,7)24(34)15-19(3)33/h9,11-12,14,16,18-21,24-25,32-35H,8,10,13,15H2,1-7H3/p+1/b11-9+,17-14+,22-12+/t18?,19?,20?,21?,24?,25-/m0/s1. The van der Waals surface area contributed by atoms with Gasteiger partial charge < -0.3 is 20.6 Å². The monoisotopic (exact) mass is 548 g/mol. The van der Waals surface area contributed by atoms with Crippen molar-refractivity contribution < 1.29 is 33.3 Å². The molecule has 0 saturated carbocycles. The molecular weight excluding hydrogens is 503 g/mol. The summed E-state index contributed by atoms with van der Waals surface area (Å²) in [5, 5.41) is 34.3. The fourth-order valence-electron chi connectivity index (χ4n) is 4.19. The van der Waals surface area contributed by atoms with Gasteiger partial charge >= 0.3 is 6.18 Å². The van der Waals surface area contributed by atoms with Crippen molar-refractivity contribution in [1.29, 1.82) is 0 Å². The van der Waals surface area contributed by atoms with Crippen molar-refractivity contribution >= 4 is 17.5 Å². The minimum Gasteiger partial charge on any atom is -0.443 e. The highest BCUT2D eigenvalue weighted by molar-refractivity contribution is 8.02. The molecule has 0 fully saturated rings. The summed E-state index contributed by atoms with van der Waals surface area (Å²) in [6, 6.07) is 0. The number of allylic oxidation sites excluding steroid dienone is 5. The van der Waals surface area contributed by atoms with E-state index in [2.05, 4.69) is 5.32 Å². The predicted octanol–water partition coefficient (Wildman–Crippen LogP) is 5.76. The molecule has 1 aliphatic heterocycles. The molecule has 37 heavy (non-hydrogen) atoms. The average Bonchev–Trinajstić information content (AvgIpc) is 3.19. The lowest BCUT2D eigenvalue weighted by Crippen LogP contribution is -2.45. The van der Waals surface area contributed by atoms with Crippen molar-refractivity contribution in [3.8, 4) is 0 Å². The van der Waals surface area contributed by atoms with Gasteiger partial charge in [0.05, 0.1) is 17.6 Å². The fourth-order valence-corrected chi connectivity index (χ4v) is 4.89. The summed E-state index contributed by atoms with van der Waals surface area (Å²) in [5.41, 5.74) is 0.169. The van der Waals surface area contributed by atoms with Gasteiger partial charge in [-0.2, -0.15) is 13.2 Å². The largest absolute Gasteiger partial charge is 0.443 e. The molecule has 0 radical (unpaired) electrons. The maximum absolute atomic E-state index is 13.6. The number of hydrogen-bond acceptors (Lipinski definition) is 5. The molecule has 0 spiro atoms. The van der Waals surface area contributed by atoms with Crippen LogP contribution in [0.4, 0.5) is 13.2 Å². The van der Waals surface area contributed by atoms with E-state index in [-0.39, 0.29) is 25.0 Å². The molecule has 0 saturated heterocycles. The van der Waals surface area contributed by atoms with Crippen LogP contribution in [-0.4, -0.2) is 51.0 Å². The summed E-state index contributed by atoms with van der Waals surface area (Å²) in [5.74, 6) is -1.73. The number of halogens is 3. The van der Waals surface area contributed by atoms with Crippen LogP contribution in [0.15, 0.2) is 46.6 Å². The third-order valence-corrected chi connectivity index (χ3v) is 7.67. The Labute approximate surface area is 224 Å². The van der Waals surface area contributed by atoms with Gasteiger partial charge in [-0.25, -0.2) is 0 Å². The lowest BCUT2D eigenvalue weighted by Gasteiger charge is -2.34. The Bertz CT molecular complexity index is 877. The molecule has 9 heteroatoms. The number of aliphatic hydroxyl groups excluding tert-OH is 2. The first-order chi connectivity index (χ1) is 17.0. The molecule has 5 N–H and O–H groups in total. The molecule has 5 nitrogen and oxygen atoms in total. The van der Waals surface area contributed by atoms with Crippen LogP contribution in [0.1, 0.15) is 74.1 Å². The molecule has 0 aromatic heterocycles. The van der Waals surface area contributed by atoms with Crippen LogP contribution in [0, 0.1) is 17.3 Å². The Morgan fingerprint density at radius 3 is 2.38 bits per heavy atom. The Morgan fingerprint density at radius 1 is 1.24 bits per heavy atom. The Kier molecular flexibility index (Phi) is 13.2. The minimum atomic E-state index is -4.45. The molecular formula is C28H45F3NO4S+. The lowest BCUT2D eigenvalue weighted by atomic mass is 9.73. The second-order valence-corrected chi connectivity index (χ2v) is 12.0. The summed E-state index contributed by atoms with van der Waals surface area (Å²) in [6.45, 7) is 11.9. The van der Waals surface area contributed by atoms with Crippen LogP contribution in [0.3, 0.4) is 0 Å². The van der Waals surface area contributed by atoms with Gasteiger partial charge in [0, 0.05) is 41.9 Å². The highest BCUT2D eigenvalue weighted by Gasteiger charge is 2.41. The SMILES string of the molecule is C/C(=C\C1=CSC(C)N1)CC/C=C(\C/C=C/C(C)[C@H](O)C(C)C(=O)C(C)(C)C(O)CC(C)[OH2+])C(F)(F)F. The number of nitrogens with one attached hydrogen (secondary N) is 1. The van der Waals surface area contributed by atoms with Crippen molar-refractivity contribution in [1.82, 2.24) is 5.32 Å². The number of carbonyl (C=O) groups excluding carboxylic acids is 1. The van der Waals surface area contributed by atoms with Crippen molar-refractivity contribution in [2.45, 2.75) is 104 Å². The van der Waals surface area contributed by atoms with Crippen LogP contribution in [0.25, 0.3) is 0 Å². The van der Waals surface area contributed by atoms with Crippen LogP contribution < -0.4 is 5.32 Å². The predicted molar refractivity (Wildman–Crippen MR) is 146 cm³/mol. The second-order valence-electron chi connectivity index (χ2n) is 10.8. The van der Waals surface area contributed by atoms with Gasteiger partial charge in [0.15, 0.2) is 6.10 Å². The van der Waals surface area contributed by atoms with Crippen molar-refractivity contribution in [3.63, 3.8) is 0 Å². The summed E-state index contributed by atoms with van der Waals surface area (Å²) < 4.78 is 40.7. The van der Waals surface area contributed by atoms with E-state index in [4.69, 9.17) is 5.11 Å². The molecule has 0 amide bonds. The molecule has 212 valence electrons. The fraction of sp³-hybridized carbons (Fsp3) is 0.679. The topological polar surface area (TPSA) is 92.5 Å². The van der Waals surface area contributed by atoms with E-state index in [9.17, 15) is 28.2 Å². The molecule has 0 aromatic rings. The lowest BCUT2D eigenvalue weighted by molar-refractivity contribution is -0.142. The van der Waals surface area contributed by atoms with Gasteiger partial charge in [0.2, 0.25) is 0 Å². The summed E-state index contributed by atoms with van der Waals surface area (Å²) in [4.78, 5) is 13.0. The maximum atomic E-state index is 13.6. The van der Waals surface area contributed by atoms with Crippen molar-refractivity contribution in [3.05, 3.63) is 46.6 Å². The summed E-state index contributed by atoms with van der Waals surface area (Å²) in [6.07, 6.45) is -0.481. The highest BCUT2D eigenvalue weighted by atomic mass is 32.2. The summed E-state index contributed by atoms with van der Waals surface area (Å²) >= 11 is 1.66. The quantitative estimate of drug-likeness (QED) is 0.190. The average molecular weight is 549 g/mol. The first-order valence-electron chi connectivity index (χ1n) is 12.8. The van der Waals surface area contributed by atoms with E-state index >= 15 is 0 Å². The van der Waals surface area contributed by atoms with E-state index in [1.165, 1.54) is 18.2 Å². The third-order valence-electron chi connectivity index (χ3n) is 6.75. The number of carbonyl (C=O) groups is 1. The van der Waals surface area contributed by atoms with Crippen LogP contribution in [-0.2, 0) is 4.79 Å². The second kappa shape index (κ2) is 14.6. The number of ketones is 1. The molecule has 1 aliphatic rings. The van der Waals surface area contributed by atoms with Gasteiger partial charge in [-0.05, 0) is 44.6 Å². The van der Waals surface area contributed by atoms with E-state index < -0.39 is 47.3 Å². The van der Waals surface area contributed by atoms with Gasteiger partial charge in [-0.15, -0.1) is 11.8 Å².